The lowest BCUT2D eigenvalue weighted by molar-refractivity contribution is 0.0185. The summed E-state index contributed by atoms with van der Waals surface area (Å²) in [5, 5.41) is 94.0. The number of aliphatic hydroxyl groups excluding tert-OH is 1. The molecule has 0 unspecified atom stereocenters. The quantitative estimate of drug-likeness (QED) is 0.127. The third-order valence-electron chi connectivity index (χ3n) is 8.00. The van der Waals surface area contributed by atoms with Gasteiger partial charge in [-0.2, -0.15) is 0 Å². The number of hydrogen-bond acceptors (Lipinski definition) is 12. The second kappa shape index (κ2) is 8.65. The molecular weight excluding hydrogens is 552 g/mol. The van der Waals surface area contributed by atoms with Crippen LogP contribution < -0.4 is 9.47 Å². The Morgan fingerprint density at radius 2 is 1.36 bits per heavy atom. The molecule has 3 heterocycles. The Hall–Kier alpha value is -5.20. The molecule has 5 atom stereocenters. The minimum Gasteiger partial charge on any atom is -0.508 e. The molecular formula is C30H24O12. The summed E-state index contributed by atoms with van der Waals surface area (Å²) < 4.78 is 18.4. The van der Waals surface area contributed by atoms with Crippen LogP contribution in [0.15, 0.2) is 54.6 Å². The fourth-order valence-electron chi connectivity index (χ4n) is 6.01. The Labute approximate surface area is 236 Å². The van der Waals surface area contributed by atoms with Gasteiger partial charge in [0.1, 0.15) is 46.7 Å². The van der Waals surface area contributed by atoms with Crippen LogP contribution in [0, 0.1) is 0 Å². The van der Waals surface area contributed by atoms with Gasteiger partial charge < -0.3 is 60.2 Å². The van der Waals surface area contributed by atoms with Gasteiger partial charge in [-0.1, -0.05) is 6.07 Å². The molecule has 1 fully saturated rings. The number of phenols is 8. The molecule has 0 amide bonds. The molecule has 4 aromatic rings. The Balaban J connectivity index is 1.42. The van der Waals surface area contributed by atoms with Crippen molar-refractivity contribution in [1.82, 2.24) is 0 Å². The van der Waals surface area contributed by atoms with E-state index in [1.807, 2.05) is 0 Å². The fraction of sp³-hybridized carbons (Fsp3) is 0.200. The molecule has 3 aliphatic heterocycles. The lowest BCUT2D eigenvalue weighted by atomic mass is 9.79. The average molecular weight is 577 g/mol. The summed E-state index contributed by atoms with van der Waals surface area (Å²) in [6.45, 7) is 0. The smallest absolute Gasteiger partial charge is 0.265 e. The lowest BCUT2D eigenvalue weighted by Gasteiger charge is -2.36. The highest BCUT2D eigenvalue weighted by Gasteiger charge is 2.69. The summed E-state index contributed by atoms with van der Waals surface area (Å²) in [6, 6.07) is 11.3. The number of aromatic hydroxyl groups is 8. The lowest BCUT2D eigenvalue weighted by Crippen LogP contribution is -2.33. The van der Waals surface area contributed by atoms with Crippen LogP contribution in [-0.4, -0.2) is 58.2 Å². The summed E-state index contributed by atoms with van der Waals surface area (Å²) in [6.07, 6.45) is -3.37. The maximum Gasteiger partial charge on any atom is 0.265 e. The summed E-state index contributed by atoms with van der Waals surface area (Å²) in [5.41, 5.74) is 0.958. The number of hydrogen-bond donors (Lipinski definition) is 9. The molecule has 0 aromatic heterocycles. The Kier molecular flexibility index (Phi) is 5.30. The molecule has 12 nitrogen and oxygen atoms in total. The first-order valence-electron chi connectivity index (χ1n) is 12.9. The molecule has 12 heteroatoms. The number of epoxide rings is 1. The topological polar surface area (TPSA) is 213 Å². The van der Waals surface area contributed by atoms with Crippen LogP contribution >= 0.6 is 0 Å². The minimum absolute atomic E-state index is 0.00380. The van der Waals surface area contributed by atoms with Crippen molar-refractivity contribution in [2.75, 3.05) is 0 Å². The van der Waals surface area contributed by atoms with Crippen LogP contribution in [0.3, 0.4) is 0 Å². The highest BCUT2D eigenvalue weighted by atomic mass is 16.8. The third kappa shape index (κ3) is 3.62. The standard InChI is InChI=1S/C30H24O12/c31-13-7-20(37)24-23(8-13)41-30(12-2-4-16(33)19(36)6-12)29(42-30)26(24)25-21(38)10-17(34)14-9-22(39)27(40-28(14)25)11-1-3-15(32)18(35)5-11/h1-8,10,22,26-27,29,31-39H,9H2/t22-,26-,27-,29-,30-/m0/s1. The van der Waals surface area contributed by atoms with E-state index in [2.05, 4.69) is 0 Å². The van der Waals surface area contributed by atoms with E-state index in [0.717, 1.165) is 12.1 Å². The van der Waals surface area contributed by atoms with Crippen molar-refractivity contribution in [3.05, 3.63) is 82.4 Å². The van der Waals surface area contributed by atoms with Gasteiger partial charge in [0.05, 0.1) is 12.0 Å². The molecule has 7 rings (SSSR count). The zero-order valence-corrected chi connectivity index (χ0v) is 21.5. The van der Waals surface area contributed by atoms with E-state index in [-0.39, 0.29) is 63.4 Å². The molecule has 0 aliphatic carbocycles. The minimum atomic E-state index is -1.57. The second-order valence-corrected chi connectivity index (χ2v) is 10.6. The van der Waals surface area contributed by atoms with E-state index in [0.29, 0.717) is 11.1 Å². The van der Waals surface area contributed by atoms with E-state index in [4.69, 9.17) is 14.2 Å². The number of benzene rings is 4. The molecule has 0 radical (unpaired) electrons. The van der Waals surface area contributed by atoms with Crippen LogP contribution in [0.4, 0.5) is 0 Å². The predicted octanol–water partition coefficient (Wildman–Crippen LogP) is 3.14. The van der Waals surface area contributed by atoms with Gasteiger partial charge >= 0.3 is 0 Å². The van der Waals surface area contributed by atoms with Gasteiger partial charge in [-0.15, -0.1) is 0 Å². The zero-order valence-electron chi connectivity index (χ0n) is 21.5. The van der Waals surface area contributed by atoms with Gasteiger partial charge in [0.25, 0.3) is 5.79 Å². The third-order valence-corrected chi connectivity index (χ3v) is 8.00. The van der Waals surface area contributed by atoms with E-state index in [1.54, 1.807) is 0 Å². The van der Waals surface area contributed by atoms with Crippen LogP contribution in [0.1, 0.15) is 39.8 Å². The van der Waals surface area contributed by atoms with Crippen molar-refractivity contribution in [1.29, 1.82) is 0 Å². The van der Waals surface area contributed by atoms with Gasteiger partial charge in [-0.25, -0.2) is 0 Å². The van der Waals surface area contributed by atoms with Gasteiger partial charge in [-0.05, 0) is 35.9 Å². The van der Waals surface area contributed by atoms with Crippen molar-refractivity contribution in [3.8, 4) is 57.5 Å². The van der Waals surface area contributed by atoms with Crippen molar-refractivity contribution in [2.24, 2.45) is 0 Å². The highest BCUT2D eigenvalue weighted by molar-refractivity contribution is 5.67. The maximum atomic E-state index is 11.3. The molecule has 0 spiro atoms. The first kappa shape index (κ1) is 25.7. The summed E-state index contributed by atoms with van der Waals surface area (Å²) in [4.78, 5) is 0. The molecule has 4 aromatic carbocycles. The van der Waals surface area contributed by atoms with Crippen LogP contribution in [0.25, 0.3) is 0 Å². The average Bonchev–Trinajstić information content (AvgIpc) is 3.66. The number of fused-ring (bicyclic) bond motifs is 3. The first-order valence-corrected chi connectivity index (χ1v) is 12.9. The highest BCUT2D eigenvalue weighted by Crippen LogP contribution is 2.65. The van der Waals surface area contributed by atoms with Crippen LogP contribution in [0.5, 0.6) is 57.5 Å². The monoisotopic (exact) mass is 576 g/mol. The predicted molar refractivity (Wildman–Crippen MR) is 141 cm³/mol. The maximum absolute atomic E-state index is 11.3. The van der Waals surface area contributed by atoms with Crippen LogP contribution in [-0.2, 0) is 16.9 Å². The number of ether oxygens (including phenoxy) is 3. The van der Waals surface area contributed by atoms with Crippen molar-refractivity contribution < 1.29 is 60.2 Å². The van der Waals surface area contributed by atoms with Crippen LogP contribution in [0.2, 0.25) is 0 Å². The molecule has 216 valence electrons. The van der Waals surface area contributed by atoms with E-state index in [9.17, 15) is 46.0 Å². The summed E-state index contributed by atoms with van der Waals surface area (Å²) >= 11 is 0. The molecule has 3 aliphatic rings. The SMILES string of the molecule is Oc1cc(O)c2c(c1)O[C@@]1(c3ccc(O)c(O)c3)O[C@H]1[C@@H]2c1c(O)cc(O)c2c1O[C@@H](c1ccc(O)c(O)c1)[C@@H](O)C2. The van der Waals surface area contributed by atoms with E-state index < -0.39 is 47.3 Å². The first-order chi connectivity index (χ1) is 20.0. The van der Waals surface area contributed by atoms with E-state index in [1.165, 1.54) is 42.5 Å². The largest absolute Gasteiger partial charge is 0.508 e. The van der Waals surface area contributed by atoms with Gasteiger partial charge in [-0.3, -0.25) is 0 Å². The molecule has 42 heavy (non-hydrogen) atoms. The number of rotatable bonds is 3. The molecule has 0 bridgehead atoms. The summed E-state index contributed by atoms with van der Waals surface area (Å²) in [7, 11) is 0. The number of aliphatic hydroxyl groups is 1. The summed E-state index contributed by atoms with van der Waals surface area (Å²) in [5.74, 6) is -5.76. The van der Waals surface area contributed by atoms with Gasteiger partial charge in [0.15, 0.2) is 23.0 Å². The fourth-order valence-corrected chi connectivity index (χ4v) is 6.01. The molecule has 1 saturated heterocycles. The second-order valence-electron chi connectivity index (χ2n) is 10.6. The van der Waals surface area contributed by atoms with E-state index >= 15 is 0 Å². The van der Waals surface area contributed by atoms with Gasteiger partial charge in [0, 0.05) is 46.9 Å². The molecule has 0 saturated carbocycles. The zero-order chi connectivity index (χ0) is 29.7. The normalized spacial score (nSPS) is 25.4. The Morgan fingerprint density at radius 3 is 2.07 bits per heavy atom. The Bertz CT molecular complexity index is 1790. The van der Waals surface area contributed by atoms with Crippen molar-refractivity contribution in [2.45, 2.75) is 36.4 Å². The Morgan fingerprint density at radius 1 is 0.667 bits per heavy atom. The van der Waals surface area contributed by atoms with Crippen molar-refractivity contribution >= 4 is 0 Å². The molecule has 9 N–H and O–H groups in total. The number of phenolic OH excluding ortho intramolecular Hbond substituents is 8. The van der Waals surface area contributed by atoms with Gasteiger partial charge in [0.2, 0.25) is 0 Å². The van der Waals surface area contributed by atoms with Crippen molar-refractivity contribution in [3.63, 3.8) is 0 Å².